The topological polar surface area (TPSA) is 77.6 Å². The van der Waals surface area contributed by atoms with E-state index in [-0.39, 0.29) is 12.2 Å². The Balaban J connectivity index is 1.82. The van der Waals surface area contributed by atoms with Crippen LogP contribution in [0.4, 0.5) is 5.69 Å². The number of methoxy groups -OCH3 is 1. The summed E-state index contributed by atoms with van der Waals surface area (Å²) in [5.74, 6) is 0.753. The minimum atomic E-state index is -0.156. The van der Waals surface area contributed by atoms with E-state index in [1.54, 1.807) is 12.0 Å². The van der Waals surface area contributed by atoms with Crippen molar-refractivity contribution in [3.8, 4) is 5.75 Å². The molecule has 6 nitrogen and oxygen atoms in total. The summed E-state index contributed by atoms with van der Waals surface area (Å²) in [5.41, 5.74) is 3.26. The Kier molecular flexibility index (Phi) is 6.85. The summed E-state index contributed by atoms with van der Waals surface area (Å²) in [6, 6.07) is 15.3. The number of aryl methyl sites for hydroxylation is 1. The molecule has 3 aromatic rings. The zero-order valence-electron chi connectivity index (χ0n) is 16.6. The van der Waals surface area contributed by atoms with E-state index >= 15 is 0 Å². The lowest BCUT2D eigenvalue weighted by Gasteiger charge is -2.25. The molecule has 0 saturated carbocycles. The fraction of sp³-hybridized carbons (Fsp3) is 0.273. The van der Waals surface area contributed by atoms with Gasteiger partial charge in [0.05, 0.1) is 20.3 Å². The third kappa shape index (κ3) is 5.13. The highest BCUT2D eigenvalue weighted by molar-refractivity contribution is 7.80. The molecule has 29 heavy (non-hydrogen) atoms. The summed E-state index contributed by atoms with van der Waals surface area (Å²) in [6.07, 6.45) is 0.927. The molecule has 1 heterocycles. The molecule has 1 aromatic heterocycles. The van der Waals surface area contributed by atoms with Gasteiger partial charge in [0.25, 0.3) is 5.56 Å². The number of aromatic amines is 1. The predicted molar refractivity (Wildman–Crippen MR) is 121 cm³/mol. The number of nitrogens with one attached hydrogen (secondary N) is 2. The smallest absolute Gasteiger partial charge is 0.253 e. The van der Waals surface area contributed by atoms with E-state index in [4.69, 9.17) is 17.0 Å². The molecular formula is C22H25N3O3S. The van der Waals surface area contributed by atoms with Crippen LogP contribution in [-0.2, 0) is 13.0 Å². The number of hydrogen-bond acceptors (Lipinski definition) is 4. The second-order valence-electron chi connectivity index (χ2n) is 6.70. The van der Waals surface area contributed by atoms with Gasteiger partial charge in [-0.15, -0.1) is 0 Å². The van der Waals surface area contributed by atoms with Crippen molar-refractivity contribution in [2.45, 2.75) is 19.9 Å². The summed E-state index contributed by atoms with van der Waals surface area (Å²) < 4.78 is 5.16. The molecule has 3 rings (SSSR count). The van der Waals surface area contributed by atoms with E-state index in [2.05, 4.69) is 23.3 Å². The van der Waals surface area contributed by atoms with Crippen LogP contribution in [-0.4, -0.2) is 40.4 Å². The van der Waals surface area contributed by atoms with Crippen LogP contribution in [0.2, 0.25) is 0 Å². The SMILES string of the molecule is CCc1ccc2[nH]c(=O)c(CN(CCO)C(=S)Nc3ccc(OC)cc3)cc2c1. The van der Waals surface area contributed by atoms with E-state index < -0.39 is 0 Å². The van der Waals surface area contributed by atoms with Gasteiger partial charge in [-0.1, -0.05) is 13.0 Å². The zero-order valence-corrected chi connectivity index (χ0v) is 17.4. The average Bonchev–Trinajstić information content (AvgIpc) is 2.74. The Labute approximate surface area is 175 Å². The van der Waals surface area contributed by atoms with Crippen molar-refractivity contribution in [2.24, 2.45) is 0 Å². The molecule has 152 valence electrons. The Bertz CT molecular complexity index is 1050. The Hall–Kier alpha value is -2.90. The van der Waals surface area contributed by atoms with Crippen molar-refractivity contribution >= 4 is 33.9 Å². The number of pyridine rings is 1. The summed E-state index contributed by atoms with van der Waals surface area (Å²) >= 11 is 5.52. The van der Waals surface area contributed by atoms with Gasteiger partial charge in [-0.3, -0.25) is 4.79 Å². The largest absolute Gasteiger partial charge is 0.497 e. The van der Waals surface area contributed by atoms with Gasteiger partial charge in [-0.25, -0.2) is 0 Å². The van der Waals surface area contributed by atoms with Crippen molar-refractivity contribution in [2.75, 3.05) is 25.6 Å². The normalized spacial score (nSPS) is 10.7. The van der Waals surface area contributed by atoms with Crippen LogP contribution in [0.1, 0.15) is 18.1 Å². The summed E-state index contributed by atoms with van der Waals surface area (Å²) in [7, 11) is 1.61. The molecule has 0 amide bonds. The monoisotopic (exact) mass is 411 g/mol. The molecule has 0 radical (unpaired) electrons. The Morgan fingerprint density at radius 3 is 2.62 bits per heavy atom. The van der Waals surface area contributed by atoms with Crippen molar-refractivity contribution in [1.29, 1.82) is 0 Å². The molecule has 3 N–H and O–H groups in total. The lowest BCUT2D eigenvalue weighted by Crippen LogP contribution is -2.37. The lowest BCUT2D eigenvalue weighted by atomic mass is 10.1. The minimum Gasteiger partial charge on any atom is -0.497 e. The number of hydrogen-bond donors (Lipinski definition) is 3. The van der Waals surface area contributed by atoms with Crippen molar-refractivity contribution in [3.05, 3.63) is 70.0 Å². The first-order valence-corrected chi connectivity index (χ1v) is 9.90. The van der Waals surface area contributed by atoms with Crippen LogP contribution >= 0.6 is 12.2 Å². The summed E-state index contributed by atoms with van der Waals surface area (Å²) in [6.45, 7) is 2.63. The molecule has 0 saturated heterocycles. The maximum absolute atomic E-state index is 12.6. The van der Waals surface area contributed by atoms with Gasteiger partial charge in [-0.2, -0.15) is 0 Å². The van der Waals surface area contributed by atoms with Crippen LogP contribution < -0.4 is 15.6 Å². The highest BCUT2D eigenvalue weighted by Gasteiger charge is 2.13. The number of thiocarbonyl (C=S) groups is 1. The second-order valence-corrected chi connectivity index (χ2v) is 7.09. The van der Waals surface area contributed by atoms with Crippen molar-refractivity contribution in [3.63, 3.8) is 0 Å². The van der Waals surface area contributed by atoms with Crippen LogP contribution in [0.15, 0.2) is 53.3 Å². The number of fused-ring (bicyclic) bond motifs is 1. The zero-order chi connectivity index (χ0) is 20.8. The molecule has 0 bridgehead atoms. The first-order valence-electron chi connectivity index (χ1n) is 9.49. The summed E-state index contributed by atoms with van der Waals surface area (Å²) in [5, 5.41) is 14.0. The third-order valence-corrected chi connectivity index (χ3v) is 5.11. The molecule has 0 aliphatic heterocycles. The van der Waals surface area contributed by atoms with Crippen LogP contribution in [0.3, 0.4) is 0 Å². The minimum absolute atomic E-state index is 0.0735. The summed E-state index contributed by atoms with van der Waals surface area (Å²) in [4.78, 5) is 17.3. The van der Waals surface area contributed by atoms with E-state index in [9.17, 15) is 9.90 Å². The predicted octanol–water partition coefficient (Wildman–Crippen LogP) is 3.29. The number of benzene rings is 2. The first kappa shape index (κ1) is 20.8. The molecular weight excluding hydrogens is 386 g/mol. The van der Waals surface area contributed by atoms with Crippen molar-refractivity contribution < 1.29 is 9.84 Å². The Morgan fingerprint density at radius 1 is 1.21 bits per heavy atom. The number of H-pyrrole nitrogens is 1. The van der Waals surface area contributed by atoms with Gasteiger partial charge in [-0.05, 0) is 72.1 Å². The molecule has 0 unspecified atom stereocenters. The van der Waals surface area contributed by atoms with Gasteiger partial charge < -0.3 is 25.0 Å². The number of rotatable bonds is 7. The first-order chi connectivity index (χ1) is 14.0. The van der Waals surface area contributed by atoms with E-state index in [1.165, 1.54) is 5.56 Å². The maximum atomic E-state index is 12.6. The second kappa shape index (κ2) is 9.54. The molecule has 0 fully saturated rings. The maximum Gasteiger partial charge on any atom is 0.253 e. The van der Waals surface area contributed by atoms with E-state index in [0.717, 1.165) is 28.8 Å². The third-order valence-electron chi connectivity index (χ3n) is 4.75. The van der Waals surface area contributed by atoms with Gasteiger partial charge in [0, 0.05) is 23.3 Å². The van der Waals surface area contributed by atoms with E-state index in [1.807, 2.05) is 42.5 Å². The standard InChI is InChI=1S/C22H25N3O3S/c1-3-15-4-9-20-16(12-15)13-17(21(27)24-20)14-25(10-11-26)22(29)23-18-5-7-19(28-2)8-6-18/h4-9,12-13,26H,3,10-11,14H2,1-2H3,(H,23,29)(H,24,27). The highest BCUT2D eigenvalue weighted by atomic mass is 32.1. The number of nitrogens with zero attached hydrogens (tertiary/aromatic N) is 1. The van der Waals surface area contributed by atoms with Crippen LogP contribution in [0.5, 0.6) is 5.75 Å². The van der Waals surface area contributed by atoms with E-state index in [0.29, 0.717) is 23.8 Å². The number of aliphatic hydroxyl groups excluding tert-OH is 1. The highest BCUT2D eigenvalue weighted by Crippen LogP contribution is 2.17. The fourth-order valence-electron chi connectivity index (χ4n) is 3.09. The van der Waals surface area contributed by atoms with Crippen LogP contribution in [0, 0.1) is 0 Å². The average molecular weight is 412 g/mol. The number of ether oxygens (including phenoxy) is 1. The van der Waals surface area contributed by atoms with Crippen molar-refractivity contribution in [1.82, 2.24) is 9.88 Å². The molecule has 0 spiro atoms. The molecule has 0 atom stereocenters. The molecule has 0 aliphatic rings. The number of aromatic nitrogens is 1. The molecule has 7 heteroatoms. The van der Waals surface area contributed by atoms with Gasteiger partial charge in [0.1, 0.15) is 5.75 Å². The number of aliphatic hydroxyl groups is 1. The van der Waals surface area contributed by atoms with Gasteiger partial charge in [0.2, 0.25) is 0 Å². The Morgan fingerprint density at radius 2 is 1.97 bits per heavy atom. The lowest BCUT2D eigenvalue weighted by molar-refractivity contribution is 0.248. The number of anilines is 1. The fourth-order valence-corrected chi connectivity index (χ4v) is 3.37. The van der Waals surface area contributed by atoms with Gasteiger partial charge >= 0.3 is 0 Å². The van der Waals surface area contributed by atoms with Crippen LogP contribution in [0.25, 0.3) is 10.9 Å². The molecule has 2 aromatic carbocycles. The molecule has 0 aliphatic carbocycles. The quantitative estimate of drug-likeness (QED) is 0.518. The van der Waals surface area contributed by atoms with Gasteiger partial charge in [0.15, 0.2) is 5.11 Å².